The number of halogens is 1. The van der Waals surface area contributed by atoms with E-state index in [1.807, 2.05) is 56.4 Å². The van der Waals surface area contributed by atoms with E-state index in [9.17, 15) is 4.79 Å². The first kappa shape index (κ1) is 16.0. The Kier molecular flexibility index (Phi) is 4.66. The summed E-state index contributed by atoms with van der Waals surface area (Å²) in [6.45, 7) is 1.98. The van der Waals surface area contributed by atoms with Gasteiger partial charge in [0.2, 0.25) is 5.91 Å². The van der Waals surface area contributed by atoms with Gasteiger partial charge in [0.1, 0.15) is 0 Å². The van der Waals surface area contributed by atoms with Crippen LogP contribution >= 0.6 is 22.6 Å². The lowest BCUT2D eigenvalue weighted by Gasteiger charge is -2.23. The van der Waals surface area contributed by atoms with Crippen molar-refractivity contribution in [2.45, 2.75) is 12.8 Å². The van der Waals surface area contributed by atoms with E-state index >= 15 is 0 Å². The quantitative estimate of drug-likeness (QED) is 0.538. The molecule has 23 heavy (non-hydrogen) atoms. The zero-order valence-electron chi connectivity index (χ0n) is 13.2. The van der Waals surface area contributed by atoms with Crippen molar-refractivity contribution in [3.8, 4) is 0 Å². The molecule has 0 aliphatic carbocycles. The number of amides is 1. The van der Waals surface area contributed by atoms with Crippen LogP contribution in [0.25, 0.3) is 10.8 Å². The summed E-state index contributed by atoms with van der Waals surface area (Å²) in [6, 6.07) is 22.3. The highest BCUT2D eigenvalue weighted by molar-refractivity contribution is 14.1. The van der Waals surface area contributed by atoms with Gasteiger partial charge in [-0.2, -0.15) is 0 Å². The summed E-state index contributed by atoms with van der Waals surface area (Å²) in [5.41, 5.74) is 2.02. The lowest BCUT2D eigenvalue weighted by atomic mass is 9.93. The molecule has 0 N–H and O–H groups in total. The molecule has 3 aromatic carbocycles. The summed E-state index contributed by atoms with van der Waals surface area (Å²) in [5.74, 6) is -0.0902. The van der Waals surface area contributed by atoms with Gasteiger partial charge >= 0.3 is 0 Å². The number of carbonyl (C=O) groups is 1. The summed E-state index contributed by atoms with van der Waals surface area (Å²) in [6.07, 6.45) is 0. The van der Waals surface area contributed by atoms with Crippen molar-refractivity contribution in [1.82, 2.24) is 0 Å². The first-order valence-corrected chi connectivity index (χ1v) is 8.67. The van der Waals surface area contributed by atoms with Crippen LogP contribution < -0.4 is 4.90 Å². The number of hydrogen-bond donors (Lipinski definition) is 0. The van der Waals surface area contributed by atoms with E-state index in [1.54, 1.807) is 4.90 Å². The molecule has 0 heterocycles. The summed E-state index contributed by atoms with van der Waals surface area (Å²) in [5, 5.41) is 2.31. The van der Waals surface area contributed by atoms with Crippen LogP contribution in [0.1, 0.15) is 18.4 Å². The fraction of sp³-hybridized carbons (Fsp3) is 0.150. The topological polar surface area (TPSA) is 20.3 Å². The average Bonchev–Trinajstić information content (AvgIpc) is 2.60. The van der Waals surface area contributed by atoms with Crippen LogP contribution in [0, 0.1) is 3.57 Å². The van der Waals surface area contributed by atoms with E-state index in [1.165, 1.54) is 5.39 Å². The number of para-hydroxylation sites is 1. The largest absolute Gasteiger partial charge is 0.314 e. The third-order valence-corrected chi connectivity index (χ3v) is 5.12. The van der Waals surface area contributed by atoms with Crippen LogP contribution in [0.4, 0.5) is 5.69 Å². The number of likely N-dealkylation sites (N-methyl/N-ethyl adjacent to an activating group) is 1. The van der Waals surface area contributed by atoms with Crippen molar-refractivity contribution in [2.75, 3.05) is 11.9 Å². The van der Waals surface area contributed by atoms with Crippen LogP contribution in [0.15, 0.2) is 66.7 Å². The number of nitrogens with zero attached hydrogens (tertiary/aromatic N) is 1. The number of carbonyl (C=O) groups excluding carboxylic acids is 1. The van der Waals surface area contributed by atoms with E-state index in [2.05, 4.69) is 46.9 Å². The molecule has 2 nitrogen and oxygen atoms in total. The van der Waals surface area contributed by atoms with Crippen LogP contribution in [0.5, 0.6) is 0 Å². The van der Waals surface area contributed by atoms with Gasteiger partial charge < -0.3 is 4.90 Å². The van der Waals surface area contributed by atoms with Gasteiger partial charge in [0.25, 0.3) is 0 Å². The van der Waals surface area contributed by atoms with E-state index in [-0.39, 0.29) is 11.8 Å². The SMILES string of the molecule is CC(C(=O)N(C)c1ccccc1I)c1cccc2ccccc12. The molecule has 0 aliphatic rings. The summed E-state index contributed by atoms with van der Waals surface area (Å²) >= 11 is 2.27. The molecular weight excluding hydrogens is 397 g/mol. The molecule has 0 radical (unpaired) electrons. The van der Waals surface area contributed by atoms with Crippen molar-refractivity contribution in [3.05, 3.63) is 75.9 Å². The lowest BCUT2D eigenvalue weighted by Crippen LogP contribution is -2.31. The number of rotatable bonds is 3. The van der Waals surface area contributed by atoms with Crippen molar-refractivity contribution in [1.29, 1.82) is 0 Å². The van der Waals surface area contributed by atoms with Gasteiger partial charge in [-0.15, -0.1) is 0 Å². The van der Waals surface area contributed by atoms with Gasteiger partial charge in [0.15, 0.2) is 0 Å². The van der Waals surface area contributed by atoms with Crippen LogP contribution in [-0.2, 0) is 4.79 Å². The number of anilines is 1. The Balaban J connectivity index is 1.97. The molecule has 3 rings (SSSR count). The predicted molar refractivity (Wildman–Crippen MR) is 105 cm³/mol. The second-order valence-corrected chi connectivity index (χ2v) is 6.80. The fourth-order valence-corrected chi connectivity index (χ4v) is 3.64. The van der Waals surface area contributed by atoms with Crippen LogP contribution in [0.2, 0.25) is 0 Å². The molecule has 0 bridgehead atoms. The van der Waals surface area contributed by atoms with Crippen LogP contribution in [-0.4, -0.2) is 13.0 Å². The molecule has 3 heteroatoms. The van der Waals surface area contributed by atoms with Crippen molar-refractivity contribution in [2.24, 2.45) is 0 Å². The van der Waals surface area contributed by atoms with Gasteiger partial charge in [0, 0.05) is 10.6 Å². The Labute approximate surface area is 150 Å². The minimum absolute atomic E-state index is 0.102. The Hall–Kier alpha value is -1.88. The Morgan fingerprint density at radius 1 is 0.957 bits per heavy atom. The molecule has 3 aromatic rings. The molecule has 1 unspecified atom stereocenters. The maximum absolute atomic E-state index is 13.0. The van der Waals surface area contributed by atoms with Crippen molar-refractivity contribution in [3.63, 3.8) is 0 Å². The number of benzene rings is 3. The van der Waals surface area contributed by atoms with Crippen molar-refractivity contribution >= 4 is 45.0 Å². The highest BCUT2D eigenvalue weighted by Crippen LogP contribution is 2.29. The molecule has 0 aromatic heterocycles. The molecule has 116 valence electrons. The second-order valence-electron chi connectivity index (χ2n) is 5.64. The van der Waals surface area contributed by atoms with E-state index < -0.39 is 0 Å². The minimum Gasteiger partial charge on any atom is -0.314 e. The summed E-state index contributed by atoms with van der Waals surface area (Å²) < 4.78 is 1.08. The van der Waals surface area contributed by atoms with Gasteiger partial charge in [0.05, 0.1) is 11.6 Å². The number of hydrogen-bond acceptors (Lipinski definition) is 1. The fourth-order valence-electron chi connectivity index (χ4n) is 2.89. The monoisotopic (exact) mass is 415 g/mol. The normalized spacial score (nSPS) is 12.1. The smallest absolute Gasteiger partial charge is 0.234 e. The van der Waals surface area contributed by atoms with E-state index in [0.29, 0.717) is 0 Å². The second kappa shape index (κ2) is 6.71. The third kappa shape index (κ3) is 3.11. The van der Waals surface area contributed by atoms with Crippen molar-refractivity contribution < 1.29 is 4.79 Å². The Bertz CT molecular complexity index is 854. The maximum atomic E-state index is 13.0. The Morgan fingerprint density at radius 3 is 2.39 bits per heavy atom. The molecule has 0 spiro atoms. The molecule has 0 saturated heterocycles. The first-order chi connectivity index (χ1) is 11.1. The highest BCUT2D eigenvalue weighted by Gasteiger charge is 2.22. The standard InChI is InChI=1S/C20H18INO/c1-14(16-11-7-9-15-8-3-4-10-17(15)16)20(23)22(2)19-13-6-5-12-18(19)21/h3-14H,1-2H3. The lowest BCUT2D eigenvalue weighted by molar-refractivity contribution is -0.119. The summed E-state index contributed by atoms with van der Waals surface area (Å²) in [4.78, 5) is 14.7. The first-order valence-electron chi connectivity index (χ1n) is 7.59. The predicted octanol–water partition coefficient (Wildman–Crippen LogP) is 5.21. The minimum atomic E-state index is -0.192. The zero-order chi connectivity index (χ0) is 16.4. The maximum Gasteiger partial charge on any atom is 0.234 e. The highest BCUT2D eigenvalue weighted by atomic mass is 127. The van der Waals surface area contributed by atoms with Gasteiger partial charge in [-0.05, 0) is 58.0 Å². The molecule has 0 saturated carbocycles. The number of fused-ring (bicyclic) bond motifs is 1. The van der Waals surface area contributed by atoms with Gasteiger partial charge in [-0.25, -0.2) is 0 Å². The van der Waals surface area contributed by atoms with E-state index in [4.69, 9.17) is 0 Å². The molecular formula is C20H18INO. The zero-order valence-corrected chi connectivity index (χ0v) is 15.3. The van der Waals surface area contributed by atoms with Gasteiger partial charge in [-0.3, -0.25) is 4.79 Å². The average molecular weight is 415 g/mol. The molecule has 1 amide bonds. The third-order valence-electron chi connectivity index (χ3n) is 4.20. The molecule has 0 fully saturated rings. The van der Waals surface area contributed by atoms with E-state index in [0.717, 1.165) is 20.2 Å². The van der Waals surface area contributed by atoms with Gasteiger partial charge in [-0.1, -0.05) is 54.6 Å². The molecule has 0 aliphatic heterocycles. The van der Waals surface area contributed by atoms with Crippen LogP contribution in [0.3, 0.4) is 0 Å². The summed E-state index contributed by atoms with van der Waals surface area (Å²) in [7, 11) is 1.85. The molecule has 1 atom stereocenters. The Morgan fingerprint density at radius 2 is 1.61 bits per heavy atom.